The fourth-order valence-corrected chi connectivity index (χ4v) is 10.9. The summed E-state index contributed by atoms with van der Waals surface area (Å²) in [7, 11) is -7.37. The quantitative estimate of drug-likeness (QED) is 0.0677. The second kappa shape index (κ2) is 23.0. The summed E-state index contributed by atoms with van der Waals surface area (Å²) < 4.78 is 61.8. The maximum atomic E-state index is 14.2. The maximum absolute atomic E-state index is 14.2. The van der Waals surface area contributed by atoms with Crippen LogP contribution in [0.2, 0.25) is 0 Å². The number of sulfonamides is 2. The predicted molar refractivity (Wildman–Crippen MR) is 226 cm³/mol. The van der Waals surface area contributed by atoms with E-state index in [0.717, 1.165) is 89.9 Å². The van der Waals surface area contributed by atoms with E-state index in [9.17, 15) is 16.8 Å². The number of hydrogen-bond donors (Lipinski definition) is 2. The van der Waals surface area contributed by atoms with Crippen molar-refractivity contribution in [2.75, 3.05) is 0 Å². The molecule has 2 N–H and O–H groups in total. The monoisotopic (exact) mass is 771 g/mol. The van der Waals surface area contributed by atoms with Crippen molar-refractivity contribution in [3.63, 3.8) is 0 Å². The van der Waals surface area contributed by atoms with Crippen molar-refractivity contribution in [3.05, 3.63) is 12.2 Å². The van der Waals surface area contributed by atoms with E-state index in [0.29, 0.717) is 0 Å². The van der Waals surface area contributed by atoms with Gasteiger partial charge in [-0.2, -0.15) is 0 Å². The lowest BCUT2D eigenvalue weighted by Crippen LogP contribution is -2.59. The Balaban J connectivity index is 2.64. The molecule has 0 aromatic rings. The maximum Gasteiger partial charge on any atom is 0.217 e. The van der Waals surface area contributed by atoms with Crippen LogP contribution in [-0.2, 0) is 20.0 Å². The molecule has 0 radical (unpaired) electrons. The van der Waals surface area contributed by atoms with Crippen molar-refractivity contribution >= 4 is 20.0 Å². The van der Waals surface area contributed by atoms with Crippen LogP contribution in [-0.4, -0.2) is 37.4 Å². The molecule has 0 aliphatic heterocycles. The smallest absolute Gasteiger partial charge is 0.212 e. The van der Waals surface area contributed by atoms with Crippen LogP contribution in [0.15, 0.2) is 12.2 Å². The summed E-state index contributed by atoms with van der Waals surface area (Å²) in [6.45, 7) is 15.3. The molecule has 2 saturated carbocycles. The van der Waals surface area contributed by atoms with Crippen LogP contribution in [0.4, 0.5) is 0 Å². The van der Waals surface area contributed by atoms with Crippen molar-refractivity contribution in [2.24, 2.45) is 11.8 Å². The molecule has 52 heavy (non-hydrogen) atoms. The van der Waals surface area contributed by atoms with Gasteiger partial charge in [0.15, 0.2) is 0 Å². The lowest BCUT2D eigenvalue weighted by Gasteiger charge is -2.46. The Morgan fingerprint density at radius 3 is 0.981 bits per heavy atom. The molecule has 2 atom stereocenters. The third-order valence-corrected chi connectivity index (χ3v) is 17.0. The first kappa shape index (κ1) is 47.7. The Hall–Kier alpha value is -0.440. The highest BCUT2D eigenvalue weighted by Crippen LogP contribution is 2.43. The largest absolute Gasteiger partial charge is 0.217 e. The van der Waals surface area contributed by atoms with Gasteiger partial charge in [0, 0.05) is 0 Å². The van der Waals surface area contributed by atoms with E-state index in [4.69, 9.17) is 0 Å². The zero-order valence-corrected chi connectivity index (χ0v) is 37.2. The lowest BCUT2D eigenvalue weighted by atomic mass is 9.69. The van der Waals surface area contributed by atoms with E-state index in [1.807, 2.05) is 0 Å². The van der Waals surface area contributed by atoms with E-state index < -0.39 is 40.6 Å². The number of unbranched alkanes of at least 4 members (excludes halogenated alkanes) is 14. The Morgan fingerprint density at radius 2 is 0.712 bits per heavy atom. The third kappa shape index (κ3) is 15.6. The first-order chi connectivity index (χ1) is 24.5. The summed E-state index contributed by atoms with van der Waals surface area (Å²) in [5, 5.41) is 0. The number of nitrogens with one attached hydrogen (secondary N) is 2. The Bertz CT molecular complexity index is 1110. The summed E-state index contributed by atoms with van der Waals surface area (Å²) in [5.41, 5.74) is -1.50. The Labute approximate surface area is 324 Å². The van der Waals surface area contributed by atoms with Crippen LogP contribution in [0.3, 0.4) is 0 Å². The molecule has 6 nitrogen and oxygen atoms in total. The first-order valence-corrected chi connectivity index (χ1v) is 25.2. The van der Waals surface area contributed by atoms with Gasteiger partial charge >= 0.3 is 0 Å². The van der Waals surface area contributed by atoms with Crippen LogP contribution in [0.25, 0.3) is 0 Å². The number of hydrogen-bond acceptors (Lipinski definition) is 4. The highest BCUT2D eigenvalue weighted by atomic mass is 32.2. The van der Waals surface area contributed by atoms with Gasteiger partial charge in [-0.15, -0.1) is 0 Å². The Kier molecular flexibility index (Phi) is 21.1. The van der Waals surface area contributed by atoms with Gasteiger partial charge in [-0.25, -0.2) is 26.3 Å². The van der Waals surface area contributed by atoms with Crippen molar-refractivity contribution in [3.8, 4) is 0 Å². The second-order valence-corrected chi connectivity index (χ2v) is 23.8. The Morgan fingerprint density at radius 1 is 0.442 bits per heavy atom. The van der Waals surface area contributed by atoms with Gasteiger partial charge in [-0.1, -0.05) is 167 Å². The summed E-state index contributed by atoms with van der Waals surface area (Å²) in [6.07, 6.45) is 35.9. The van der Waals surface area contributed by atoms with Crippen LogP contribution >= 0.6 is 0 Å². The van der Waals surface area contributed by atoms with E-state index in [2.05, 4.69) is 35.4 Å². The fraction of sp³-hybridized carbons (Fsp3) is 0.955. The number of rotatable bonds is 26. The van der Waals surface area contributed by atoms with Crippen LogP contribution < -0.4 is 9.44 Å². The molecular weight excluding hydrogens is 685 g/mol. The van der Waals surface area contributed by atoms with Crippen LogP contribution in [0, 0.1) is 11.8 Å². The second-order valence-electron chi connectivity index (χ2n) is 19.0. The van der Waals surface area contributed by atoms with Crippen molar-refractivity contribution in [1.82, 2.24) is 9.44 Å². The summed E-state index contributed by atoms with van der Waals surface area (Å²) >= 11 is 0. The molecule has 0 amide bonds. The highest BCUT2D eigenvalue weighted by Gasteiger charge is 2.47. The van der Waals surface area contributed by atoms with Gasteiger partial charge in [-0.3, -0.25) is 0 Å². The third-order valence-electron chi connectivity index (χ3n) is 12.5. The molecule has 0 heterocycles. The minimum Gasteiger partial charge on any atom is -0.212 e. The molecule has 2 aliphatic rings. The molecule has 0 aromatic heterocycles. The molecule has 2 rings (SSSR count). The molecule has 0 spiro atoms. The molecule has 308 valence electrons. The topological polar surface area (TPSA) is 92.3 Å². The minimum absolute atomic E-state index is 0.186. The van der Waals surface area contributed by atoms with Crippen LogP contribution in [0.1, 0.15) is 235 Å². The molecule has 2 aliphatic carbocycles. The van der Waals surface area contributed by atoms with E-state index in [-0.39, 0.29) is 11.8 Å². The van der Waals surface area contributed by atoms with E-state index >= 15 is 0 Å². The zero-order valence-electron chi connectivity index (χ0n) is 35.6. The normalized spacial score (nSPS) is 19.9. The average molecular weight is 771 g/mol. The van der Waals surface area contributed by atoms with Crippen molar-refractivity contribution < 1.29 is 16.8 Å². The van der Waals surface area contributed by atoms with Crippen LogP contribution in [0.5, 0.6) is 0 Å². The molecule has 0 aromatic carbocycles. The predicted octanol–water partition coefficient (Wildman–Crippen LogP) is 12.7. The summed E-state index contributed by atoms with van der Waals surface area (Å²) in [5.74, 6) is 0.371. The minimum atomic E-state index is -3.69. The fourth-order valence-electron chi connectivity index (χ4n) is 8.63. The van der Waals surface area contributed by atoms with Gasteiger partial charge in [0.05, 0.1) is 20.6 Å². The van der Waals surface area contributed by atoms with E-state index in [1.165, 1.54) is 89.9 Å². The molecule has 0 unspecified atom stereocenters. The highest BCUT2D eigenvalue weighted by molar-refractivity contribution is 7.91. The van der Waals surface area contributed by atoms with Crippen molar-refractivity contribution in [2.45, 2.75) is 256 Å². The van der Waals surface area contributed by atoms with Crippen molar-refractivity contribution in [1.29, 1.82) is 0 Å². The van der Waals surface area contributed by atoms with E-state index in [1.54, 1.807) is 41.5 Å². The molecule has 0 saturated heterocycles. The summed E-state index contributed by atoms with van der Waals surface area (Å²) in [4.78, 5) is 0. The molecular formula is C44H86N2O4S2. The van der Waals surface area contributed by atoms with Gasteiger partial charge in [0.25, 0.3) is 0 Å². The molecule has 2 fully saturated rings. The van der Waals surface area contributed by atoms with Gasteiger partial charge in [0.2, 0.25) is 20.0 Å². The van der Waals surface area contributed by atoms with Gasteiger partial charge in [-0.05, 0) is 91.9 Å². The molecule has 0 bridgehead atoms. The van der Waals surface area contributed by atoms with Gasteiger partial charge < -0.3 is 0 Å². The first-order valence-electron chi connectivity index (χ1n) is 22.2. The van der Waals surface area contributed by atoms with Gasteiger partial charge in [0.1, 0.15) is 0 Å². The summed E-state index contributed by atoms with van der Waals surface area (Å²) in [6, 6.07) is 0. The standard InChI is InChI=1S/C44H86N2O4S2/c1-9-11-13-15-17-19-21-29-35-43(39-31-25-23-26-32-39,45-51(47,48)41(3,4)5)37-38-44(40-33-27-24-28-34-40,46-52(49,50)42(6,7)8)36-30-22-20-18-16-14-12-10-2/h37-40,45-46H,9-36H2,1-8H3/b38-37+/t43-,44-/m1/s1. The average Bonchev–Trinajstić information content (AvgIpc) is 3.08. The SMILES string of the molecule is CCCCCCCCCC[C@](/C=C/[C@@](CCCCCCCCCC)(NS(=O)(=O)C(C)(C)C)C1CCCCC1)(NS(=O)(=O)C(C)(C)C)C1CCCCC1. The lowest BCUT2D eigenvalue weighted by molar-refractivity contribution is 0.198. The zero-order chi connectivity index (χ0) is 38.8. The molecule has 8 heteroatoms.